The molecule has 0 heterocycles. The third kappa shape index (κ3) is 4.49. The molecule has 0 aliphatic heterocycles. The highest BCUT2D eigenvalue weighted by molar-refractivity contribution is 7.89. The third-order valence-electron chi connectivity index (χ3n) is 4.18. The number of nitro benzene ring substituents is 1. The Balaban J connectivity index is 2.37. The van der Waals surface area contributed by atoms with Gasteiger partial charge in [0.2, 0.25) is 10.0 Å². The van der Waals surface area contributed by atoms with E-state index in [2.05, 4.69) is 5.32 Å². The van der Waals surface area contributed by atoms with Gasteiger partial charge in [0.25, 0.3) is 11.6 Å². The summed E-state index contributed by atoms with van der Waals surface area (Å²) in [4.78, 5) is 22.8. The summed E-state index contributed by atoms with van der Waals surface area (Å²) in [5, 5.41) is 13.6. The maximum absolute atomic E-state index is 12.7. The fourth-order valence-corrected chi connectivity index (χ4v) is 4.59. The Labute approximate surface area is 168 Å². The summed E-state index contributed by atoms with van der Waals surface area (Å²) in [6.07, 6.45) is 0. The second-order valence-corrected chi connectivity index (χ2v) is 8.26. The zero-order chi connectivity index (χ0) is 21.1. The van der Waals surface area contributed by atoms with E-state index in [-0.39, 0.29) is 39.9 Å². The second-order valence-electron chi connectivity index (χ2n) is 5.95. The first-order valence-corrected chi connectivity index (χ1v) is 10.3. The smallest absolute Gasteiger partial charge is 0.273 e. The van der Waals surface area contributed by atoms with E-state index in [0.29, 0.717) is 5.56 Å². The summed E-state index contributed by atoms with van der Waals surface area (Å²) < 4.78 is 26.7. The number of halogens is 1. The second kappa shape index (κ2) is 8.68. The Hall–Kier alpha value is -2.49. The van der Waals surface area contributed by atoms with Crippen LogP contribution in [0.25, 0.3) is 0 Å². The van der Waals surface area contributed by atoms with Crippen molar-refractivity contribution in [1.82, 2.24) is 4.31 Å². The largest absolute Gasteiger partial charge is 0.322 e. The van der Waals surface area contributed by atoms with Gasteiger partial charge < -0.3 is 5.32 Å². The average Bonchev–Trinajstić information content (AvgIpc) is 2.64. The molecule has 0 saturated heterocycles. The quantitative estimate of drug-likeness (QED) is 0.535. The van der Waals surface area contributed by atoms with Crippen LogP contribution in [0.2, 0.25) is 5.02 Å². The number of nitro groups is 1. The summed E-state index contributed by atoms with van der Waals surface area (Å²) in [7, 11) is -3.82. The first-order chi connectivity index (χ1) is 13.1. The van der Waals surface area contributed by atoms with E-state index >= 15 is 0 Å². The minimum Gasteiger partial charge on any atom is -0.322 e. The van der Waals surface area contributed by atoms with Crippen molar-refractivity contribution in [3.05, 3.63) is 62.7 Å². The number of rotatable bonds is 7. The number of nitrogens with one attached hydrogen (secondary N) is 1. The maximum Gasteiger partial charge on any atom is 0.273 e. The van der Waals surface area contributed by atoms with Crippen LogP contribution in [0.5, 0.6) is 0 Å². The van der Waals surface area contributed by atoms with Crippen molar-refractivity contribution in [2.24, 2.45) is 0 Å². The van der Waals surface area contributed by atoms with Crippen molar-refractivity contribution < 1.29 is 18.1 Å². The van der Waals surface area contributed by atoms with E-state index in [4.69, 9.17) is 11.6 Å². The molecule has 0 aliphatic carbocycles. The molecule has 2 rings (SSSR count). The summed E-state index contributed by atoms with van der Waals surface area (Å²) >= 11 is 6.07. The number of hydrogen-bond acceptors (Lipinski definition) is 5. The molecule has 1 amide bonds. The van der Waals surface area contributed by atoms with E-state index in [1.165, 1.54) is 40.7 Å². The monoisotopic (exact) mass is 425 g/mol. The van der Waals surface area contributed by atoms with Gasteiger partial charge in [-0.05, 0) is 31.2 Å². The van der Waals surface area contributed by atoms with Crippen molar-refractivity contribution in [1.29, 1.82) is 0 Å². The van der Waals surface area contributed by atoms with Crippen LogP contribution in [0, 0.1) is 17.0 Å². The van der Waals surface area contributed by atoms with Crippen LogP contribution in [-0.4, -0.2) is 36.6 Å². The number of anilines is 1. The molecule has 0 bridgehead atoms. The van der Waals surface area contributed by atoms with Crippen molar-refractivity contribution in [2.75, 3.05) is 18.4 Å². The number of carbonyl (C=O) groups is 1. The number of amides is 1. The number of nitrogens with zero attached hydrogens (tertiary/aromatic N) is 2. The van der Waals surface area contributed by atoms with Crippen LogP contribution < -0.4 is 5.32 Å². The molecule has 0 aromatic heterocycles. The molecule has 0 aliphatic rings. The minimum absolute atomic E-state index is 0.0378. The first kappa shape index (κ1) is 21.8. The van der Waals surface area contributed by atoms with E-state index in [1.807, 2.05) is 0 Å². The molecule has 0 spiro atoms. The summed E-state index contributed by atoms with van der Waals surface area (Å²) in [6.45, 7) is 5.55. The van der Waals surface area contributed by atoms with Gasteiger partial charge in [-0.25, -0.2) is 8.42 Å². The number of aryl methyl sites for hydroxylation is 1. The van der Waals surface area contributed by atoms with Gasteiger partial charge >= 0.3 is 0 Å². The van der Waals surface area contributed by atoms with E-state index in [9.17, 15) is 23.3 Å². The predicted octanol–water partition coefficient (Wildman–Crippen LogP) is 3.84. The van der Waals surface area contributed by atoms with Crippen molar-refractivity contribution >= 4 is 38.9 Å². The lowest BCUT2D eigenvalue weighted by atomic mass is 10.1. The molecule has 0 unspecified atom stereocenters. The van der Waals surface area contributed by atoms with Gasteiger partial charge in [-0.2, -0.15) is 4.31 Å². The highest BCUT2D eigenvalue weighted by Crippen LogP contribution is 2.28. The molecule has 0 atom stereocenters. The van der Waals surface area contributed by atoms with Crippen LogP contribution in [-0.2, 0) is 10.0 Å². The zero-order valence-electron chi connectivity index (χ0n) is 15.6. The van der Waals surface area contributed by atoms with Crippen molar-refractivity contribution in [2.45, 2.75) is 25.7 Å². The fraction of sp³-hybridized carbons (Fsp3) is 0.278. The van der Waals surface area contributed by atoms with Gasteiger partial charge in [0.05, 0.1) is 9.95 Å². The lowest BCUT2D eigenvalue weighted by Gasteiger charge is -2.19. The highest BCUT2D eigenvalue weighted by Gasteiger charge is 2.25. The molecule has 2 aromatic rings. The molecule has 2 aromatic carbocycles. The normalized spacial score (nSPS) is 11.5. The molecule has 10 heteroatoms. The predicted molar refractivity (Wildman–Crippen MR) is 107 cm³/mol. The number of sulfonamides is 1. The Kier molecular flexibility index (Phi) is 6.76. The Morgan fingerprint density at radius 3 is 2.39 bits per heavy atom. The Morgan fingerprint density at radius 2 is 1.82 bits per heavy atom. The van der Waals surface area contributed by atoms with Crippen LogP contribution in [0.1, 0.15) is 29.8 Å². The third-order valence-corrected chi connectivity index (χ3v) is 6.71. The van der Waals surface area contributed by atoms with Crippen LogP contribution in [0.4, 0.5) is 11.4 Å². The van der Waals surface area contributed by atoms with Crippen LogP contribution in [0.3, 0.4) is 0 Å². The van der Waals surface area contributed by atoms with Crippen molar-refractivity contribution in [3.63, 3.8) is 0 Å². The molecule has 0 radical (unpaired) electrons. The zero-order valence-corrected chi connectivity index (χ0v) is 17.2. The van der Waals surface area contributed by atoms with Gasteiger partial charge in [0.1, 0.15) is 4.90 Å². The topological polar surface area (TPSA) is 110 Å². The fourth-order valence-electron chi connectivity index (χ4n) is 2.63. The molecule has 150 valence electrons. The number of carbonyl (C=O) groups excluding carboxylic acids is 1. The summed E-state index contributed by atoms with van der Waals surface area (Å²) in [6, 6.07) is 8.23. The van der Waals surface area contributed by atoms with Gasteiger partial charge in [0, 0.05) is 36.0 Å². The van der Waals surface area contributed by atoms with Gasteiger partial charge in [-0.1, -0.05) is 31.5 Å². The molecular formula is C18H20ClN3O5S. The number of benzene rings is 2. The molecule has 8 nitrogen and oxygen atoms in total. The van der Waals surface area contributed by atoms with E-state index in [0.717, 1.165) is 0 Å². The number of hydrogen-bond donors (Lipinski definition) is 1. The standard InChI is InChI=1S/C18H20ClN3O5S/c1-4-21(5-2)28(26,27)17-11-14(8-9-15(17)19)20-18(23)13-7-6-12(3)16(10-13)22(24)25/h6-11H,4-5H2,1-3H3,(H,20,23). The maximum atomic E-state index is 12.7. The highest BCUT2D eigenvalue weighted by atomic mass is 35.5. The average molecular weight is 426 g/mol. The molecular weight excluding hydrogens is 406 g/mol. The van der Waals surface area contributed by atoms with Crippen molar-refractivity contribution in [3.8, 4) is 0 Å². The van der Waals surface area contributed by atoms with E-state index < -0.39 is 20.9 Å². The lowest BCUT2D eigenvalue weighted by molar-refractivity contribution is -0.385. The lowest BCUT2D eigenvalue weighted by Crippen LogP contribution is -2.30. The van der Waals surface area contributed by atoms with Gasteiger partial charge in [-0.3, -0.25) is 14.9 Å². The SMILES string of the molecule is CCN(CC)S(=O)(=O)c1cc(NC(=O)c2ccc(C)c([N+](=O)[O-])c2)ccc1Cl. The Morgan fingerprint density at radius 1 is 1.18 bits per heavy atom. The summed E-state index contributed by atoms with van der Waals surface area (Å²) in [5.74, 6) is -0.600. The molecule has 28 heavy (non-hydrogen) atoms. The Bertz CT molecular complexity index is 1020. The van der Waals surface area contributed by atoms with Gasteiger partial charge in [-0.15, -0.1) is 0 Å². The van der Waals surface area contributed by atoms with Gasteiger partial charge in [0.15, 0.2) is 0 Å². The minimum atomic E-state index is -3.82. The van der Waals surface area contributed by atoms with E-state index in [1.54, 1.807) is 20.8 Å². The molecule has 0 fully saturated rings. The molecule has 0 saturated carbocycles. The summed E-state index contributed by atoms with van der Waals surface area (Å²) in [5.41, 5.74) is 0.554. The molecule has 1 N–H and O–H groups in total. The van der Waals surface area contributed by atoms with Crippen LogP contribution in [0.15, 0.2) is 41.3 Å². The first-order valence-electron chi connectivity index (χ1n) is 8.47. The van der Waals surface area contributed by atoms with Crippen LogP contribution >= 0.6 is 11.6 Å².